The molecule has 1 amide bonds. The van der Waals surface area contributed by atoms with Crippen molar-refractivity contribution in [1.82, 2.24) is 14.9 Å². The van der Waals surface area contributed by atoms with Crippen molar-refractivity contribution in [3.63, 3.8) is 0 Å². The maximum absolute atomic E-state index is 14.5. The third-order valence-corrected chi connectivity index (χ3v) is 5.61. The fraction of sp³-hybridized carbons (Fsp3) is 0.421. The van der Waals surface area contributed by atoms with Gasteiger partial charge < -0.3 is 10.4 Å². The highest BCUT2D eigenvalue weighted by Gasteiger charge is 2.35. The van der Waals surface area contributed by atoms with Crippen molar-refractivity contribution >= 4 is 22.0 Å². The second-order valence-electron chi connectivity index (χ2n) is 7.03. The van der Waals surface area contributed by atoms with Crippen molar-refractivity contribution in [3.05, 3.63) is 62.0 Å². The van der Waals surface area contributed by atoms with Crippen molar-refractivity contribution < 1.29 is 14.3 Å². The zero-order valence-electron chi connectivity index (χ0n) is 15.1. The number of fused-ring (bicyclic) bond motifs is 1. The summed E-state index contributed by atoms with van der Waals surface area (Å²) in [7, 11) is 0. The van der Waals surface area contributed by atoms with Gasteiger partial charge in [0.1, 0.15) is 5.82 Å². The third kappa shape index (κ3) is 3.90. The van der Waals surface area contributed by atoms with Crippen LogP contribution in [0.25, 0.3) is 0 Å². The molecule has 0 fully saturated rings. The van der Waals surface area contributed by atoms with E-state index in [2.05, 4.69) is 26.2 Å². The predicted molar refractivity (Wildman–Crippen MR) is 103 cm³/mol. The summed E-state index contributed by atoms with van der Waals surface area (Å²) < 4.78 is 16.4. The van der Waals surface area contributed by atoms with Gasteiger partial charge in [-0.2, -0.15) is 0 Å². The standard InChI is InChI=1S/C19H21BrFN3O3/c1-10(2)24-9-22-15-7-6-14(23-19(26)27)12(16(15)18(24)25)8-11-4-3-5-13(20)17(11)21/h3-5,9-10,12,14,23H,6-8H2,1-2H3,(H,26,27)/t12-,14-/m0/s1. The molecule has 0 spiro atoms. The number of aromatic nitrogens is 2. The minimum atomic E-state index is -1.16. The van der Waals surface area contributed by atoms with E-state index in [4.69, 9.17) is 0 Å². The van der Waals surface area contributed by atoms with Crippen LogP contribution in [-0.4, -0.2) is 26.8 Å². The van der Waals surface area contributed by atoms with E-state index >= 15 is 0 Å². The molecular weight excluding hydrogens is 417 g/mol. The smallest absolute Gasteiger partial charge is 0.404 e. The van der Waals surface area contributed by atoms with E-state index in [0.717, 1.165) is 0 Å². The number of carbonyl (C=O) groups is 1. The molecule has 1 aromatic heterocycles. The quantitative estimate of drug-likeness (QED) is 0.764. The lowest BCUT2D eigenvalue weighted by molar-refractivity contribution is 0.185. The molecule has 0 bridgehead atoms. The monoisotopic (exact) mass is 437 g/mol. The molecule has 6 nitrogen and oxygen atoms in total. The molecule has 0 saturated carbocycles. The van der Waals surface area contributed by atoms with Gasteiger partial charge in [0.05, 0.1) is 16.5 Å². The number of nitrogens with one attached hydrogen (secondary N) is 1. The molecule has 3 rings (SSSR count). The van der Waals surface area contributed by atoms with Crippen LogP contribution in [0.5, 0.6) is 0 Å². The molecule has 0 radical (unpaired) electrons. The van der Waals surface area contributed by atoms with Gasteiger partial charge in [-0.3, -0.25) is 9.36 Å². The second-order valence-corrected chi connectivity index (χ2v) is 7.88. The highest BCUT2D eigenvalue weighted by Crippen LogP contribution is 2.33. The molecule has 2 aromatic rings. The largest absolute Gasteiger partial charge is 0.465 e. The Kier molecular flexibility index (Phi) is 5.64. The van der Waals surface area contributed by atoms with Gasteiger partial charge in [0.15, 0.2) is 0 Å². The van der Waals surface area contributed by atoms with E-state index in [1.54, 1.807) is 18.2 Å². The van der Waals surface area contributed by atoms with Crippen molar-refractivity contribution in [2.24, 2.45) is 0 Å². The molecule has 0 aliphatic heterocycles. The van der Waals surface area contributed by atoms with Crippen LogP contribution in [0.4, 0.5) is 9.18 Å². The number of rotatable bonds is 4. The molecule has 2 N–H and O–H groups in total. The fourth-order valence-corrected chi connectivity index (χ4v) is 4.08. The van der Waals surface area contributed by atoms with Crippen LogP contribution in [0.15, 0.2) is 33.8 Å². The first-order chi connectivity index (χ1) is 12.8. The second kappa shape index (κ2) is 7.80. The molecule has 1 aromatic carbocycles. The fourth-order valence-electron chi connectivity index (χ4n) is 3.67. The average molecular weight is 438 g/mol. The van der Waals surface area contributed by atoms with E-state index in [0.29, 0.717) is 34.1 Å². The number of amides is 1. The zero-order chi connectivity index (χ0) is 19.7. The molecule has 144 valence electrons. The summed E-state index contributed by atoms with van der Waals surface area (Å²) in [5.41, 5.74) is 1.39. The summed E-state index contributed by atoms with van der Waals surface area (Å²) in [6.07, 6.45) is 1.61. The summed E-state index contributed by atoms with van der Waals surface area (Å²) in [5, 5.41) is 11.7. The van der Waals surface area contributed by atoms with Crippen LogP contribution in [0.3, 0.4) is 0 Å². The summed E-state index contributed by atoms with van der Waals surface area (Å²) >= 11 is 3.18. The van der Waals surface area contributed by atoms with E-state index in [1.165, 1.54) is 10.9 Å². The van der Waals surface area contributed by atoms with Crippen LogP contribution in [0.1, 0.15) is 49.0 Å². The number of nitrogens with zero attached hydrogens (tertiary/aromatic N) is 2. The van der Waals surface area contributed by atoms with Crippen LogP contribution in [-0.2, 0) is 12.8 Å². The molecule has 27 heavy (non-hydrogen) atoms. The van der Waals surface area contributed by atoms with E-state index in [-0.39, 0.29) is 18.0 Å². The Morgan fingerprint density at radius 3 is 2.89 bits per heavy atom. The summed E-state index contributed by atoms with van der Waals surface area (Å²) in [5.74, 6) is -0.883. The number of hydrogen-bond acceptors (Lipinski definition) is 3. The maximum Gasteiger partial charge on any atom is 0.404 e. The average Bonchev–Trinajstić information content (AvgIpc) is 2.60. The summed E-state index contributed by atoms with van der Waals surface area (Å²) in [6, 6.07) is 4.43. The molecule has 1 aliphatic rings. The van der Waals surface area contributed by atoms with Crippen molar-refractivity contribution in [3.8, 4) is 0 Å². The Balaban J connectivity index is 2.11. The van der Waals surface area contributed by atoms with Gasteiger partial charge in [0, 0.05) is 23.6 Å². The Bertz CT molecular complexity index is 929. The molecule has 0 unspecified atom stereocenters. The van der Waals surface area contributed by atoms with Crippen LogP contribution in [0.2, 0.25) is 0 Å². The number of aryl methyl sites for hydroxylation is 1. The highest BCUT2D eigenvalue weighted by atomic mass is 79.9. The van der Waals surface area contributed by atoms with Gasteiger partial charge >= 0.3 is 6.09 Å². The SMILES string of the molecule is CC(C)n1cnc2c(c1=O)[C@@H](Cc1cccc(Br)c1F)[C@@H](NC(=O)O)CC2. The third-order valence-electron chi connectivity index (χ3n) is 5.00. The molecule has 1 heterocycles. The van der Waals surface area contributed by atoms with Crippen molar-refractivity contribution in [1.29, 1.82) is 0 Å². The van der Waals surface area contributed by atoms with Crippen LogP contribution >= 0.6 is 15.9 Å². The zero-order valence-corrected chi connectivity index (χ0v) is 16.7. The Labute approximate surface area is 164 Å². The predicted octanol–water partition coefficient (Wildman–Crippen LogP) is 3.63. The topological polar surface area (TPSA) is 84.2 Å². The van der Waals surface area contributed by atoms with E-state index in [1.807, 2.05) is 13.8 Å². The minimum Gasteiger partial charge on any atom is -0.465 e. The van der Waals surface area contributed by atoms with E-state index in [9.17, 15) is 19.1 Å². The van der Waals surface area contributed by atoms with Crippen molar-refractivity contribution in [2.45, 2.75) is 51.1 Å². The molecule has 0 saturated heterocycles. The Morgan fingerprint density at radius 2 is 2.22 bits per heavy atom. The number of hydrogen-bond donors (Lipinski definition) is 2. The normalized spacial score (nSPS) is 19.0. The van der Waals surface area contributed by atoms with E-state index < -0.39 is 23.9 Å². The Hall–Kier alpha value is -2.22. The number of halogens is 2. The summed E-state index contributed by atoms with van der Waals surface area (Å²) in [6.45, 7) is 3.77. The van der Waals surface area contributed by atoms with Gasteiger partial charge in [0.25, 0.3) is 5.56 Å². The minimum absolute atomic E-state index is 0.0774. The Morgan fingerprint density at radius 1 is 1.48 bits per heavy atom. The molecule has 1 aliphatic carbocycles. The highest BCUT2D eigenvalue weighted by molar-refractivity contribution is 9.10. The lowest BCUT2D eigenvalue weighted by Crippen LogP contribution is -2.45. The molecular formula is C19H21BrFN3O3. The van der Waals surface area contributed by atoms with Gasteiger partial charge in [-0.1, -0.05) is 12.1 Å². The number of benzene rings is 1. The lowest BCUT2D eigenvalue weighted by atomic mass is 9.78. The molecule has 8 heteroatoms. The first-order valence-electron chi connectivity index (χ1n) is 8.81. The van der Waals surface area contributed by atoms with Gasteiger partial charge in [0.2, 0.25) is 0 Å². The van der Waals surface area contributed by atoms with Gasteiger partial charge in [-0.15, -0.1) is 0 Å². The number of carboxylic acid groups (broad SMARTS) is 1. The summed E-state index contributed by atoms with van der Waals surface area (Å²) in [4.78, 5) is 28.8. The first-order valence-corrected chi connectivity index (χ1v) is 9.61. The lowest BCUT2D eigenvalue weighted by Gasteiger charge is -2.33. The molecule has 2 atom stereocenters. The van der Waals surface area contributed by atoms with Gasteiger partial charge in [-0.25, -0.2) is 14.2 Å². The van der Waals surface area contributed by atoms with Crippen molar-refractivity contribution in [2.75, 3.05) is 0 Å². The van der Waals surface area contributed by atoms with Crippen LogP contribution in [0, 0.1) is 5.82 Å². The maximum atomic E-state index is 14.5. The van der Waals surface area contributed by atoms with Gasteiger partial charge in [-0.05, 0) is 60.7 Å². The first kappa shape index (κ1) is 19.5. The van der Waals surface area contributed by atoms with Crippen LogP contribution < -0.4 is 10.9 Å².